The van der Waals surface area contributed by atoms with E-state index in [4.69, 9.17) is 0 Å². The molecule has 0 spiro atoms. The minimum Gasteiger partial charge on any atom is -0.0654 e. The molecule has 0 amide bonds. The predicted molar refractivity (Wildman–Crippen MR) is 84.9 cm³/mol. The van der Waals surface area contributed by atoms with Crippen LogP contribution in [0.4, 0.5) is 0 Å². The molecule has 0 fully saturated rings. The van der Waals surface area contributed by atoms with Gasteiger partial charge in [0, 0.05) is 0 Å². The maximum Gasteiger partial charge on any atom is -0.0295 e. The molecular formula is C18H38. The Bertz CT molecular complexity index is 213. The van der Waals surface area contributed by atoms with Crippen molar-refractivity contribution in [2.45, 2.75) is 88.0 Å². The van der Waals surface area contributed by atoms with Crippen LogP contribution in [0, 0.1) is 28.6 Å². The first-order valence-electron chi connectivity index (χ1n) is 8.13. The second kappa shape index (κ2) is 6.96. The summed E-state index contributed by atoms with van der Waals surface area (Å²) >= 11 is 0. The van der Waals surface area contributed by atoms with Crippen molar-refractivity contribution in [2.75, 3.05) is 0 Å². The summed E-state index contributed by atoms with van der Waals surface area (Å²) in [4.78, 5) is 0. The molecule has 0 heteroatoms. The molecule has 0 saturated carbocycles. The number of hydrogen-bond acceptors (Lipinski definition) is 0. The fraction of sp³-hybridized carbons (Fsp3) is 1.00. The fourth-order valence-electron chi connectivity index (χ4n) is 3.85. The monoisotopic (exact) mass is 254 g/mol. The molecule has 0 saturated heterocycles. The van der Waals surface area contributed by atoms with Crippen LogP contribution in [-0.4, -0.2) is 0 Å². The lowest BCUT2D eigenvalue weighted by atomic mass is 9.56. The van der Waals surface area contributed by atoms with E-state index in [1.807, 2.05) is 0 Å². The summed E-state index contributed by atoms with van der Waals surface area (Å²) in [5.74, 6) is 2.33. The van der Waals surface area contributed by atoms with Crippen molar-refractivity contribution in [3.8, 4) is 0 Å². The van der Waals surface area contributed by atoms with Gasteiger partial charge < -0.3 is 0 Å². The van der Waals surface area contributed by atoms with Crippen LogP contribution in [0.3, 0.4) is 0 Å². The summed E-state index contributed by atoms with van der Waals surface area (Å²) in [6, 6.07) is 0. The first-order valence-corrected chi connectivity index (χ1v) is 8.13. The highest BCUT2D eigenvalue weighted by Gasteiger charge is 2.42. The van der Waals surface area contributed by atoms with E-state index in [0.29, 0.717) is 10.8 Å². The van der Waals surface area contributed by atoms with Gasteiger partial charge in [-0.1, -0.05) is 75.2 Å². The molecule has 0 N–H and O–H groups in total. The van der Waals surface area contributed by atoms with E-state index in [1.54, 1.807) is 0 Å². The van der Waals surface area contributed by atoms with E-state index < -0.39 is 0 Å². The van der Waals surface area contributed by atoms with Gasteiger partial charge >= 0.3 is 0 Å². The molecule has 2 atom stereocenters. The minimum atomic E-state index is 0.424. The Labute approximate surface area is 117 Å². The van der Waals surface area contributed by atoms with Crippen LogP contribution >= 0.6 is 0 Å². The van der Waals surface area contributed by atoms with Gasteiger partial charge in [-0.3, -0.25) is 0 Å². The summed E-state index contributed by atoms with van der Waals surface area (Å²) < 4.78 is 0. The molecule has 0 heterocycles. The van der Waals surface area contributed by atoms with Crippen LogP contribution in [0.25, 0.3) is 0 Å². The standard InChI is InChI=1S/C18H38/c1-10-12-18(9,13-11-2)16(6)17(7,8)15(5)14(3)4/h14-16H,10-13H2,1-9H3. The zero-order valence-electron chi connectivity index (χ0n) is 14.6. The molecule has 0 aliphatic rings. The summed E-state index contributed by atoms with van der Waals surface area (Å²) in [5.41, 5.74) is 0.934. The van der Waals surface area contributed by atoms with Crippen molar-refractivity contribution in [3.63, 3.8) is 0 Å². The largest absolute Gasteiger partial charge is 0.0654 e. The van der Waals surface area contributed by atoms with E-state index >= 15 is 0 Å². The Kier molecular flexibility index (Phi) is 6.96. The summed E-state index contributed by atoms with van der Waals surface area (Å²) in [6.45, 7) is 21.9. The van der Waals surface area contributed by atoms with Gasteiger partial charge in [-0.25, -0.2) is 0 Å². The van der Waals surface area contributed by atoms with Gasteiger partial charge in [-0.15, -0.1) is 0 Å². The summed E-state index contributed by atoms with van der Waals surface area (Å²) in [7, 11) is 0. The van der Waals surface area contributed by atoms with Crippen molar-refractivity contribution >= 4 is 0 Å². The van der Waals surface area contributed by atoms with Gasteiger partial charge in [0.25, 0.3) is 0 Å². The van der Waals surface area contributed by atoms with Crippen molar-refractivity contribution < 1.29 is 0 Å². The Morgan fingerprint density at radius 2 is 1.17 bits per heavy atom. The average Bonchev–Trinajstić information content (AvgIpc) is 2.27. The van der Waals surface area contributed by atoms with Crippen LogP contribution in [0.15, 0.2) is 0 Å². The molecule has 0 aromatic rings. The van der Waals surface area contributed by atoms with Crippen molar-refractivity contribution in [2.24, 2.45) is 28.6 Å². The molecule has 0 aromatic carbocycles. The Morgan fingerprint density at radius 1 is 0.778 bits per heavy atom. The summed E-state index contributed by atoms with van der Waals surface area (Å²) in [6.07, 6.45) is 5.37. The molecule has 0 radical (unpaired) electrons. The Morgan fingerprint density at radius 3 is 1.44 bits per heavy atom. The lowest BCUT2D eigenvalue weighted by molar-refractivity contribution is 0.00229. The molecule has 0 aliphatic carbocycles. The molecule has 0 aliphatic heterocycles. The van der Waals surface area contributed by atoms with Gasteiger partial charge in [0.05, 0.1) is 0 Å². The number of rotatable bonds is 8. The zero-order chi connectivity index (χ0) is 14.6. The second-order valence-electron chi connectivity index (χ2n) is 7.73. The lowest BCUT2D eigenvalue weighted by Crippen LogP contribution is -2.41. The third kappa shape index (κ3) is 4.00. The van der Waals surface area contributed by atoms with Gasteiger partial charge in [0.15, 0.2) is 0 Å². The first kappa shape index (κ1) is 18.0. The highest BCUT2D eigenvalue weighted by molar-refractivity contribution is 4.91. The molecule has 0 rings (SSSR count). The Hall–Kier alpha value is 0. The molecule has 110 valence electrons. The SMILES string of the molecule is CCCC(C)(CCC)C(C)C(C)(C)C(C)C(C)C. The van der Waals surface area contributed by atoms with Gasteiger partial charge in [0.1, 0.15) is 0 Å². The summed E-state index contributed by atoms with van der Waals surface area (Å²) in [5, 5.41) is 0. The quantitative estimate of drug-likeness (QED) is 0.461. The maximum absolute atomic E-state index is 2.53. The van der Waals surface area contributed by atoms with Crippen molar-refractivity contribution in [1.82, 2.24) is 0 Å². The average molecular weight is 255 g/mol. The normalized spacial score (nSPS) is 17.0. The van der Waals surface area contributed by atoms with Crippen LogP contribution < -0.4 is 0 Å². The first-order chi connectivity index (χ1) is 8.13. The molecule has 18 heavy (non-hydrogen) atoms. The van der Waals surface area contributed by atoms with Gasteiger partial charge in [0.2, 0.25) is 0 Å². The lowest BCUT2D eigenvalue weighted by Gasteiger charge is -2.49. The van der Waals surface area contributed by atoms with E-state index in [1.165, 1.54) is 25.7 Å². The Balaban J connectivity index is 5.11. The van der Waals surface area contributed by atoms with Crippen LogP contribution in [-0.2, 0) is 0 Å². The van der Waals surface area contributed by atoms with Crippen LogP contribution in [0.2, 0.25) is 0 Å². The molecule has 0 aromatic heterocycles. The van der Waals surface area contributed by atoms with E-state index in [9.17, 15) is 0 Å². The third-order valence-electron chi connectivity index (χ3n) is 5.98. The molecule has 0 bridgehead atoms. The van der Waals surface area contributed by atoms with Crippen LogP contribution in [0.1, 0.15) is 88.0 Å². The van der Waals surface area contributed by atoms with Gasteiger partial charge in [-0.05, 0) is 41.4 Å². The fourth-order valence-corrected chi connectivity index (χ4v) is 3.85. The zero-order valence-corrected chi connectivity index (χ0v) is 14.6. The molecule has 2 unspecified atom stereocenters. The number of hydrogen-bond donors (Lipinski definition) is 0. The molecular weight excluding hydrogens is 216 g/mol. The highest BCUT2D eigenvalue weighted by atomic mass is 14.5. The third-order valence-corrected chi connectivity index (χ3v) is 5.98. The smallest absolute Gasteiger partial charge is 0.0295 e. The van der Waals surface area contributed by atoms with E-state index in [-0.39, 0.29) is 0 Å². The topological polar surface area (TPSA) is 0 Å². The van der Waals surface area contributed by atoms with E-state index in [0.717, 1.165) is 17.8 Å². The minimum absolute atomic E-state index is 0.424. The second-order valence-corrected chi connectivity index (χ2v) is 7.73. The maximum atomic E-state index is 2.53. The van der Waals surface area contributed by atoms with Crippen molar-refractivity contribution in [1.29, 1.82) is 0 Å². The van der Waals surface area contributed by atoms with Crippen LogP contribution in [0.5, 0.6) is 0 Å². The van der Waals surface area contributed by atoms with Crippen molar-refractivity contribution in [3.05, 3.63) is 0 Å². The molecule has 0 nitrogen and oxygen atoms in total. The van der Waals surface area contributed by atoms with Gasteiger partial charge in [-0.2, -0.15) is 0 Å². The van der Waals surface area contributed by atoms with E-state index in [2.05, 4.69) is 62.3 Å². The predicted octanol–water partition coefficient (Wildman–Crippen LogP) is 6.55. The highest BCUT2D eigenvalue weighted by Crippen LogP contribution is 2.50.